The zero-order valence-electron chi connectivity index (χ0n) is 21.2. The fraction of sp³-hybridized carbons (Fsp3) is 0.323. The quantitative estimate of drug-likeness (QED) is 0.175. The molecule has 5 nitrogen and oxygen atoms in total. The topological polar surface area (TPSA) is 43.3 Å². The number of fused-ring (bicyclic) bond motifs is 3. The van der Waals surface area contributed by atoms with Gasteiger partial charge in [0.25, 0.3) is 0 Å². The first-order chi connectivity index (χ1) is 18.2. The van der Waals surface area contributed by atoms with E-state index in [1.165, 1.54) is 19.3 Å². The molecule has 2 heterocycles. The van der Waals surface area contributed by atoms with Gasteiger partial charge < -0.3 is 14.2 Å². The van der Waals surface area contributed by atoms with E-state index in [0.29, 0.717) is 6.61 Å². The van der Waals surface area contributed by atoms with Crippen molar-refractivity contribution in [3.8, 4) is 17.2 Å². The van der Waals surface area contributed by atoms with E-state index in [1.807, 2.05) is 36.4 Å². The molecule has 0 aromatic heterocycles. The molecular weight excluding hydrogens is 528 g/mol. The smallest absolute Gasteiger partial charge is 0.213 e. The minimum absolute atomic E-state index is 0.0902. The van der Waals surface area contributed by atoms with E-state index in [2.05, 4.69) is 64.8 Å². The molecule has 3 aromatic rings. The number of rotatable bonds is 11. The average molecular weight is 562 g/mol. The molecule has 192 valence electrons. The molecule has 2 atom stereocenters. The molecule has 2 aliphatic heterocycles. The van der Waals surface area contributed by atoms with E-state index in [1.54, 1.807) is 6.08 Å². The molecule has 2 aliphatic rings. The maximum atomic E-state index is 6.53. The Labute approximate surface area is 227 Å². The molecule has 0 unspecified atom stereocenters. The van der Waals surface area contributed by atoms with E-state index >= 15 is 0 Å². The average Bonchev–Trinajstić information content (AvgIpc) is 3.38. The summed E-state index contributed by atoms with van der Waals surface area (Å²) >= 11 is 3.63. The molecule has 0 fully saturated rings. The number of hydrogen-bond donors (Lipinski definition) is 0. The Morgan fingerprint density at radius 1 is 1.00 bits per heavy atom. The van der Waals surface area contributed by atoms with Crippen LogP contribution >= 0.6 is 15.9 Å². The van der Waals surface area contributed by atoms with Crippen LogP contribution in [0.4, 0.5) is 0 Å². The van der Waals surface area contributed by atoms with Gasteiger partial charge in [0.05, 0.1) is 18.4 Å². The van der Waals surface area contributed by atoms with Crippen molar-refractivity contribution in [2.45, 2.75) is 51.3 Å². The van der Waals surface area contributed by atoms with Crippen LogP contribution in [0.25, 0.3) is 0 Å². The first-order valence-corrected chi connectivity index (χ1v) is 13.8. The lowest BCUT2D eigenvalue weighted by Crippen LogP contribution is -2.33. The molecule has 0 radical (unpaired) electrons. The van der Waals surface area contributed by atoms with Crippen molar-refractivity contribution in [2.75, 3.05) is 13.2 Å². The Morgan fingerprint density at radius 3 is 2.51 bits per heavy atom. The molecular formula is C31H33BrN2O3. The van der Waals surface area contributed by atoms with Gasteiger partial charge in [-0.25, -0.2) is 5.01 Å². The van der Waals surface area contributed by atoms with Gasteiger partial charge in [-0.3, -0.25) is 0 Å². The third-order valence-electron chi connectivity index (χ3n) is 6.74. The number of hydrazone groups is 1. The van der Waals surface area contributed by atoms with Gasteiger partial charge in [-0.05, 0) is 78.7 Å². The van der Waals surface area contributed by atoms with Crippen LogP contribution in [0.1, 0.15) is 68.0 Å². The maximum absolute atomic E-state index is 6.53. The minimum atomic E-state index is -0.315. The lowest BCUT2D eigenvalue weighted by atomic mass is 9.96. The number of benzene rings is 3. The van der Waals surface area contributed by atoms with E-state index in [0.717, 1.165) is 63.6 Å². The maximum Gasteiger partial charge on any atom is 0.213 e. The molecule has 0 N–H and O–H groups in total. The van der Waals surface area contributed by atoms with Crippen molar-refractivity contribution in [3.63, 3.8) is 0 Å². The summed E-state index contributed by atoms with van der Waals surface area (Å²) in [6.07, 6.45) is 7.01. The van der Waals surface area contributed by atoms with E-state index in [-0.39, 0.29) is 12.3 Å². The van der Waals surface area contributed by atoms with Gasteiger partial charge in [-0.15, -0.1) is 0 Å². The van der Waals surface area contributed by atoms with Crippen LogP contribution in [0.3, 0.4) is 0 Å². The number of hydrogen-bond acceptors (Lipinski definition) is 5. The van der Waals surface area contributed by atoms with Crippen molar-refractivity contribution in [1.82, 2.24) is 5.01 Å². The Hall–Kier alpha value is -3.25. The SMILES string of the molecule is C=CCOc1ccc(C2=NN3[C@H](C2)c2cc(Br)ccc2O[C@@H]3c2ccc(OCCCCCC)cc2)cc1. The first kappa shape index (κ1) is 25.4. The second-order valence-electron chi connectivity index (χ2n) is 9.40. The molecule has 0 bridgehead atoms. The molecule has 3 aromatic carbocycles. The van der Waals surface area contributed by atoms with Crippen LogP contribution in [0, 0.1) is 0 Å². The number of nitrogens with zero attached hydrogens (tertiary/aromatic N) is 2. The summed E-state index contributed by atoms with van der Waals surface area (Å²) < 4.78 is 19.2. The van der Waals surface area contributed by atoms with E-state index in [9.17, 15) is 0 Å². The summed E-state index contributed by atoms with van der Waals surface area (Å²) in [5.74, 6) is 2.61. The van der Waals surface area contributed by atoms with E-state index in [4.69, 9.17) is 19.3 Å². The fourth-order valence-electron chi connectivity index (χ4n) is 4.80. The normalized spacial score (nSPS) is 17.9. The predicted octanol–water partition coefficient (Wildman–Crippen LogP) is 8.22. The summed E-state index contributed by atoms with van der Waals surface area (Å²) in [7, 11) is 0. The summed E-state index contributed by atoms with van der Waals surface area (Å²) in [4.78, 5) is 0. The fourth-order valence-corrected chi connectivity index (χ4v) is 5.18. The number of ether oxygens (including phenoxy) is 3. The Bertz CT molecular complexity index is 1240. The molecule has 0 amide bonds. The number of halogens is 1. The van der Waals surface area contributed by atoms with Crippen LogP contribution in [0.2, 0.25) is 0 Å². The van der Waals surface area contributed by atoms with Gasteiger partial charge in [0.2, 0.25) is 6.23 Å². The highest BCUT2D eigenvalue weighted by molar-refractivity contribution is 9.10. The monoisotopic (exact) mass is 560 g/mol. The molecule has 0 saturated carbocycles. The van der Waals surface area contributed by atoms with Crippen LogP contribution in [0.15, 0.2) is 89.0 Å². The summed E-state index contributed by atoms with van der Waals surface area (Å²) in [5, 5.41) is 7.18. The standard InChI is InChI=1S/C31H33BrN2O3/c1-3-5-6-7-19-36-26-15-10-23(11-16-26)31-34-29(27-20-24(32)12-17-30(27)37-31)21-28(33-34)22-8-13-25(14-9-22)35-18-4-2/h4,8-17,20,29,31H,2-3,5-7,18-19,21H2,1H3/t29-,31-/m1/s1. The zero-order valence-corrected chi connectivity index (χ0v) is 22.8. The summed E-state index contributed by atoms with van der Waals surface area (Å²) in [6.45, 7) is 7.17. The Kier molecular flexibility index (Phi) is 8.15. The van der Waals surface area contributed by atoms with Gasteiger partial charge in [0.15, 0.2) is 0 Å². The summed E-state index contributed by atoms with van der Waals surface area (Å²) in [6, 6.07) is 22.7. The minimum Gasteiger partial charge on any atom is -0.494 e. The predicted molar refractivity (Wildman–Crippen MR) is 151 cm³/mol. The van der Waals surface area contributed by atoms with Crippen LogP contribution < -0.4 is 14.2 Å². The molecule has 5 rings (SSSR count). The van der Waals surface area contributed by atoms with Crippen LogP contribution in [0.5, 0.6) is 17.2 Å². The van der Waals surface area contributed by atoms with Crippen molar-refractivity contribution in [2.24, 2.45) is 5.10 Å². The van der Waals surface area contributed by atoms with Gasteiger partial charge in [0.1, 0.15) is 23.9 Å². The summed E-state index contributed by atoms with van der Waals surface area (Å²) in [5.41, 5.74) is 4.31. The van der Waals surface area contributed by atoms with Gasteiger partial charge in [-0.2, -0.15) is 5.10 Å². The van der Waals surface area contributed by atoms with Crippen molar-refractivity contribution >= 4 is 21.6 Å². The van der Waals surface area contributed by atoms with Crippen LogP contribution in [-0.4, -0.2) is 23.9 Å². The van der Waals surface area contributed by atoms with Crippen molar-refractivity contribution in [3.05, 3.63) is 101 Å². The van der Waals surface area contributed by atoms with Crippen molar-refractivity contribution < 1.29 is 14.2 Å². The Morgan fingerprint density at radius 2 is 1.76 bits per heavy atom. The van der Waals surface area contributed by atoms with Gasteiger partial charge >= 0.3 is 0 Å². The van der Waals surface area contributed by atoms with Crippen LogP contribution in [-0.2, 0) is 0 Å². The third kappa shape index (κ3) is 5.85. The van der Waals surface area contributed by atoms with Gasteiger partial charge in [-0.1, -0.05) is 54.8 Å². The highest BCUT2D eigenvalue weighted by atomic mass is 79.9. The highest BCUT2D eigenvalue weighted by Crippen LogP contribution is 2.48. The number of unbranched alkanes of at least 4 members (excludes halogenated alkanes) is 3. The van der Waals surface area contributed by atoms with E-state index < -0.39 is 0 Å². The molecule has 0 spiro atoms. The molecule has 37 heavy (non-hydrogen) atoms. The molecule has 0 aliphatic carbocycles. The largest absolute Gasteiger partial charge is 0.494 e. The first-order valence-electron chi connectivity index (χ1n) is 13.0. The second kappa shape index (κ2) is 11.9. The zero-order chi connectivity index (χ0) is 25.6. The lowest BCUT2D eigenvalue weighted by molar-refractivity contribution is -0.0191. The lowest BCUT2D eigenvalue weighted by Gasteiger charge is -2.38. The molecule has 0 saturated heterocycles. The second-order valence-corrected chi connectivity index (χ2v) is 10.3. The van der Waals surface area contributed by atoms with Gasteiger partial charge in [0, 0.05) is 22.0 Å². The highest BCUT2D eigenvalue weighted by Gasteiger charge is 2.41. The molecule has 6 heteroatoms. The third-order valence-corrected chi connectivity index (χ3v) is 7.23. The van der Waals surface area contributed by atoms with Crippen molar-refractivity contribution in [1.29, 1.82) is 0 Å². The Balaban J connectivity index is 1.37.